The number of benzene rings is 1. The molecule has 0 radical (unpaired) electrons. The van der Waals surface area contributed by atoms with E-state index in [4.69, 9.17) is 4.74 Å². The molecule has 0 spiro atoms. The monoisotopic (exact) mass is 355 g/mol. The highest BCUT2D eigenvalue weighted by molar-refractivity contribution is 6.77. The molecule has 1 fully saturated rings. The molecule has 0 saturated carbocycles. The van der Waals surface area contributed by atoms with Crippen LogP contribution in [0.25, 0.3) is 0 Å². The van der Waals surface area contributed by atoms with Gasteiger partial charge in [-0.25, -0.2) is 0 Å². The Balaban J connectivity index is 0.00000264. The molecule has 1 atom stereocenters. The Hall–Kier alpha value is -0.843. The lowest BCUT2D eigenvalue weighted by Crippen LogP contribution is -2.53. The Morgan fingerprint density at radius 2 is 1.96 bits per heavy atom. The molecule has 1 aliphatic rings. The maximum absolute atomic E-state index is 12.2. The Morgan fingerprint density at radius 1 is 1.26 bits per heavy atom. The van der Waals surface area contributed by atoms with Crippen molar-refractivity contribution in [2.75, 3.05) is 19.3 Å². The smallest absolute Gasteiger partial charge is 0.323 e. The molecule has 5 heteroatoms. The van der Waals surface area contributed by atoms with Crippen LogP contribution >= 0.6 is 12.4 Å². The largest absolute Gasteiger partial charge is 0.465 e. The van der Waals surface area contributed by atoms with Gasteiger partial charge in [0, 0.05) is 0 Å². The molecule has 1 heterocycles. The Bertz CT molecular complexity index is 481. The van der Waals surface area contributed by atoms with Crippen molar-refractivity contribution in [3.05, 3.63) is 35.9 Å². The summed E-state index contributed by atoms with van der Waals surface area (Å²) in [5.74, 6) is -0.0216. The Labute approximate surface area is 147 Å². The molecule has 23 heavy (non-hydrogen) atoms. The first-order valence-corrected chi connectivity index (χ1v) is 11.9. The van der Waals surface area contributed by atoms with E-state index in [0.29, 0.717) is 6.61 Å². The number of nitrogens with zero attached hydrogens (tertiary/aromatic N) is 1. The van der Waals surface area contributed by atoms with Gasteiger partial charge in [0.1, 0.15) is 6.04 Å². The summed E-state index contributed by atoms with van der Waals surface area (Å²) in [5, 5.41) is 0. The first-order chi connectivity index (χ1) is 10.5. The molecule has 0 bridgehead atoms. The number of carbonyl (C=O) groups is 1. The van der Waals surface area contributed by atoms with Crippen molar-refractivity contribution >= 4 is 26.5 Å². The van der Waals surface area contributed by atoms with Crippen LogP contribution in [-0.4, -0.2) is 44.3 Å². The minimum absolute atomic E-state index is 0. The van der Waals surface area contributed by atoms with E-state index in [-0.39, 0.29) is 24.4 Å². The van der Waals surface area contributed by atoms with Crippen LogP contribution in [0.3, 0.4) is 0 Å². The molecule has 0 aromatic heterocycles. The van der Waals surface area contributed by atoms with E-state index in [2.05, 4.69) is 48.3 Å². The van der Waals surface area contributed by atoms with E-state index in [1.165, 1.54) is 18.0 Å². The summed E-state index contributed by atoms with van der Waals surface area (Å²) in [7, 11) is -1.42. The van der Waals surface area contributed by atoms with Crippen LogP contribution in [0, 0.1) is 0 Å². The van der Waals surface area contributed by atoms with Gasteiger partial charge in [-0.05, 0) is 38.5 Å². The minimum atomic E-state index is -1.42. The number of hydrogen-bond acceptors (Lipinski definition) is 3. The number of ether oxygens (including phenoxy) is 1. The molecule has 1 saturated heterocycles. The molecule has 1 aromatic rings. The molecule has 0 amide bonds. The highest BCUT2D eigenvalue weighted by Crippen LogP contribution is 2.22. The molecule has 3 nitrogen and oxygen atoms in total. The lowest BCUT2D eigenvalue weighted by atomic mass is 10.0. The van der Waals surface area contributed by atoms with Crippen LogP contribution < -0.4 is 0 Å². The molecule has 130 valence electrons. The van der Waals surface area contributed by atoms with Crippen LogP contribution in [0.15, 0.2) is 30.3 Å². The Morgan fingerprint density at radius 3 is 2.61 bits per heavy atom. The van der Waals surface area contributed by atoms with Crippen LogP contribution in [-0.2, 0) is 15.6 Å². The van der Waals surface area contributed by atoms with Gasteiger partial charge in [-0.1, -0.05) is 55.4 Å². The van der Waals surface area contributed by atoms with Crippen LogP contribution in [0.2, 0.25) is 13.1 Å². The van der Waals surface area contributed by atoms with E-state index in [9.17, 15) is 4.79 Å². The van der Waals surface area contributed by atoms with Gasteiger partial charge in [0.25, 0.3) is 0 Å². The first kappa shape index (κ1) is 20.2. The second kappa shape index (κ2) is 9.45. The number of halogens is 1. The maximum Gasteiger partial charge on any atom is 0.323 e. The van der Waals surface area contributed by atoms with Gasteiger partial charge in [0.05, 0.1) is 14.7 Å². The van der Waals surface area contributed by atoms with Crippen molar-refractivity contribution in [1.82, 2.24) is 4.90 Å². The SMILES string of the molecule is CCOC(=O)C1CCCCN1C[Si](C)(C)Cc1ccccc1.Cl. The molecule has 1 aromatic carbocycles. The van der Waals surface area contributed by atoms with Crippen molar-refractivity contribution in [3.63, 3.8) is 0 Å². The van der Waals surface area contributed by atoms with Crippen molar-refractivity contribution in [2.45, 2.75) is 51.4 Å². The van der Waals surface area contributed by atoms with Gasteiger partial charge in [-0.15, -0.1) is 12.4 Å². The standard InChI is InChI=1S/C18H29NO2Si.ClH/c1-4-21-18(20)17-12-8-9-13-19(17)15-22(2,3)14-16-10-6-5-7-11-16;/h5-7,10-11,17H,4,8-9,12-15H2,1-3H3;1H. The van der Waals surface area contributed by atoms with E-state index < -0.39 is 8.07 Å². The van der Waals surface area contributed by atoms with Crippen LogP contribution in [0.1, 0.15) is 31.7 Å². The summed E-state index contributed by atoms with van der Waals surface area (Å²) in [6, 6.07) is 11.9. The third-order valence-corrected chi connectivity index (χ3v) is 6.96. The molecule has 0 aliphatic carbocycles. The predicted molar refractivity (Wildman–Crippen MR) is 101 cm³/mol. The number of rotatable bonds is 6. The summed E-state index contributed by atoms with van der Waals surface area (Å²) >= 11 is 0. The van der Waals surface area contributed by atoms with Crippen molar-refractivity contribution < 1.29 is 9.53 Å². The van der Waals surface area contributed by atoms with Gasteiger partial charge < -0.3 is 4.74 Å². The molecule has 1 unspecified atom stereocenters. The average Bonchev–Trinajstić information content (AvgIpc) is 2.48. The van der Waals surface area contributed by atoms with E-state index in [1.807, 2.05) is 6.92 Å². The normalized spacial score (nSPS) is 19.0. The zero-order valence-corrected chi connectivity index (χ0v) is 16.4. The molecule has 2 rings (SSSR count). The summed E-state index contributed by atoms with van der Waals surface area (Å²) < 4.78 is 5.28. The fourth-order valence-electron chi connectivity index (χ4n) is 3.44. The fourth-order valence-corrected chi connectivity index (χ4v) is 6.37. The zero-order valence-electron chi connectivity index (χ0n) is 14.6. The van der Waals surface area contributed by atoms with E-state index >= 15 is 0 Å². The second-order valence-corrected chi connectivity index (χ2v) is 12.1. The summed E-state index contributed by atoms with van der Waals surface area (Å²) in [6.45, 7) is 8.26. The average molecular weight is 356 g/mol. The van der Waals surface area contributed by atoms with Crippen molar-refractivity contribution in [2.24, 2.45) is 0 Å². The molecular formula is C18H30ClNO2Si. The maximum atomic E-state index is 12.2. The highest BCUT2D eigenvalue weighted by Gasteiger charge is 2.34. The third kappa shape index (κ3) is 6.28. The first-order valence-electron chi connectivity index (χ1n) is 8.46. The number of piperidine rings is 1. The lowest BCUT2D eigenvalue weighted by molar-refractivity contribution is -0.150. The van der Waals surface area contributed by atoms with E-state index in [1.54, 1.807) is 0 Å². The molecular weight excluding hydrogens is 326 g/mol. The summed E-state index contributed by atoms with van der Waals surface area (Å²) in [4.78, 5) is 14.6. The lowest BCUT2D eigenvalue weighted by Gasteiger charge is -2.38. The second-order valence-electron chi connectivity index (χ2n) is 7.06. The van der Waals surface area contributed by atoms with Crippen LogP contribution in [0.5, 0.6) is 0 Å². The fraction of sp³-hybridized carbons (Fsp3) is 0.611. The zero-order chi connectivity index (χ0) is 16.0. The Kier molecular flexibility index (Phi) is 8.30. The highest BCUT2D eigenvalue weighted by atomic mass is 35.5. The van der Waals surface area contributed by atoms with Gasteiger partial charge in [-0.2, -0.15) is 0 Å². The number of carbonyl (C=O) groups excluding carboxylic acids is 1. The quantitative estimate of drug-likeness (QED) is 0.573. The molecule has 0 N–H and O–H groups in total. The predicted octanol–water partition coefficient (Wildman–Crippen LogP) is 3.86. The topological polar surface area (TPSA) is 29.5 Å². The van der Waals surface area contributed by atoms with E-state index in [0.717, 1.165) is 25.6 Å². The minimum Gasteiger partial charge on any atom is -0.465 e. The van der Waals surface area contributed by atoms with Gasteiger partial charge in [-0.3, -0.25) is 9.69 Å². The van der Waals surface area contributed by atoms with Crippen LogP contribution in [0.4, 0.5) is 0 Å². The number of esters is 1. The van der Waals surface area contributed by atoms with Crippen molar-refractivity contribution in [3.8, 4) is 0 Å². The van der Waals surface area contributed by atoms with Gasteiger partial charge in [0.2, 0.25) is 0 Å². The van der Waals surface area contributed by atoms with Gasteiger partial charge in [0.15, 0.2) is 0 Å². The third-order valence-electron chi connectivity index (χ3n) is 4.33. The van der Waals surface area contributed by atoms with Gasteiger partial charge >= 0.3 is 5.97 Å². The summed E-state index contributed by atoms with van der Waals surface area (Å²) in [5.41, 5.74) is 1.42. The van der Waals surface area contributed by atoms with Crippen molar-refractivity contribution in [1.29, 1.82) is 0 Å². The number of likely N-dealkylation sites (tertiary alicyclic amines) is 1. The summed E-state index contributed by atoms with van der Waals surface area (Å²) in [6.07, 6.45) is 4.37. The molecule has 1 aliphatic heterocycles. The number of hydrogen-bond donors (Lipinski definition) is 0.